The Balaban J connectivity index is 2.53. The molecule has 1 heterocycles. The summed E-state index contributed by atoms with van der Waals surface area (Å²) in [6.07, 6.45) is 3.74. The Morgan fingerprint density at radius 1 is 1.54 bits per heavy atom. The normalized spacial score (nSPS) is 18.5. The third-order valence-corrected chi connectivity index (χ3v) is 2.15. The third-order valence-electron chi connectivity index (χ3n) is 2.15. The Hall–Kier alpha value is -1.01. The van der Waals surface area contributed by atoms with Crippen LogP contribution in [0.4, 0.5) is 0 Å². The summed E-state index contributed by atoms with van der Waals surface area (Å²) in [4.78, 5) is 2.25. The molecule has 1 rings (SSSR count). The second-order valence-electron chi connectivity index (χ2n) is 3.11. The van der Waals surface area contributed by atoms with E-state index in [9.17, 15) is 0 Å². The molecule has 3 heteroatoms. The van der Waals surface area contributed by atoms with Gasteiger partial charge in [-0.25, -0.2) is 0 Å². The van der Waals surface area contributed by atoms with E-state index in [1.807, 2.05) is 0 Å². The van der Waals surface area contributed by atoms with Gasteiger partial charge in [-0.3, -0.25) is 0 Å². The van der Waals surface area contributed by atoms with Gasteiger partial charge in [0.25, 0.3) is 0 Å². The van der Waals surface area contributed by atoms with Gasteiger partial charge in [-0.05, 0) is 6.42 Å². The summed E-state index contributed by atoms with van der Waals surface area (Å²) in [6.45, 7) is 5.55. The van der Waals surface area contributed by atoms with Gasteiger partial charge in [-0.15, -0.1) is 0 Å². The van der Waals surface area contributed by atoms with Crippen molar-refractivity contribution >= 4 is 0 Å². The lowest BCUT2D eigenvalue weighted by Crippen LogP contribution is -2.35. The van der Waals surface area contributed by atoms with Crippen LogP contribution in [0.5, 0.6) is 0 Å². The van der Waals surface area contributed by atoms with Crippen molar-refractivity contribution in [2.75, 3.05) is 26.3 Å². The van der Waals surface area contributed by atoms with E-state index in [-0.39, 0.29) is 0 Å². The number of allylic oxidation sites excluding steroid dienone is 2. The van der Waals surface area contributed by atoms with E-state index in [1.165, 1.54) is 0 Å². The molecule has 0 radical (unpaired) electrons. The van der Waals surface area contributed by atoms with Gasteiger partial charge >= 0.3 is 0 Å². The predicted molar refractivity (Wildman–Crippen MR) is 51.0 cm³/mol. The van der Waals surface area contributed by atoms with Gasteiger partial charge in [0.05, 0.1) is 19.3 Å². The van der Waals surface area contributed by atoms with Gasteiger partial charge in [-0.2, -0.15) is 5.26 Å². The summed E-state index contributed by atoms with van der Waals surface area (Å²) < 4.78 is 5.25. The van der Waals surface area contributed by atoms with Crippen LogP contribution in [-0.4, -0.2) is 31.2 Å². The first-order valence-electron chi connectivity index (χ1n) is 4.80. The molecule has 0 saturated carbocycles. The van der Waals surface area contributed by atoms with Gasteiger partial charge in [0.15, 0.2) is 0 Å². The van der Waals surface area contributed by atoms with Crippen molar-refractivity contribution in [2.24, 2.45) is 0 Å². The molecular weight excluding hydrogens is 164 g/mol. The van der Waals surface area contributed by atoms with Crippen LogP contribution >= 0.6 is 0 Å². The van der Waals surface area contributed by atoms with E-state index in [1.54, 1.807) is 6.08 Å². The molecule has 0 atom stereocenters. The first-order valence-corrected chi connectivity index (χ1v) is 4.80. The fraction of sp³-hybridized carbons (Fsp3) is 0.700. The second-order valence-corrected chi connectivity index (χ2v) is 3.11. The molecule has 1 saturated heterocycles. The van der Waals surface area contributed by atoms with Gasteiger partial charge in [-0.1, -0.05) is 13.3 Å². The van der Waals surface area contributed by atoms with E-state index in [4.69, 9.17) is 10.00 Å². The van der Waals surface area contributed by atoms with Gasteiger partial charge in [0, 0.05) is 24.9 Å². The molecule has 0 bridgehead atoms. The Bertz CT molecular complexity index is 211. The standard InChI is InChI=1S/C10H16N2O/c1-2-3-10(4-5-11)12-6-8-13-9-7-12/h4H,2-3,6-9H2,1H3. The molecule has 1 aliphatic rings. The molecule has 72 valence electrons. The van der Waals surface area contributed by atoms with Crippen molar-refractivity contribution in [2.45, 2.75) is 19.8 Å². The fourth-order valence-electron chi connectivity index (χ4n) is 1.50. The van der Waals surface area contributed by atoms with E-state index in [2.05, 4.69) is 17.9 Å². The highest BCUT2D eigenvalue weighted by molar-refractivity contribution is 5.12. The molecule has 13 heavy (non-hydrogen) atoms. The van der Waals surface area contributed by atoms with Crippen LogP contribution < -0.4 is 0 Å². The average Bonchev–Trinajstić information content (AvgIpc) is 2.19. The molecule has 0 spiro atoms. The summed E-state index contributed by atoms with van der Waals surface area (Å²) in [5.41, 5.74) is 1.16. The Kier molecular flexibility index (Phi) is 4.34. The van der Waals surface area contributed by atoms with Crippen LogP contribution in [-0.2, 0) is 4.74 Å². The molecule has 0 aliphatic carbocycles. The van der Waals surface area contributed by atoms with Crippen molar-refractivity contribution in [3.8, 4) is 6.07 Å². The van der Waals surface area contributed by atoms with Gasteiger partial charge in [0.2, 0.25) is 0 Å². The van der Waals surface area contributed by atoms with Crippen molar-refractivity contribution < 1.29 is 4.74 Å². The number of hydrogen-bond acceptors (Lipinski definition) is 3. The number of ether oxygens (including phenoxy) is 1. The van der Waals surface area contributed by atoms with Crippen LogP contribution in [0.25, 0.3) is 0 Å². The minimum absolute atomic E-state index is 0.784. The van der Waals surface area contributed by atoms with Crippen LogP contribution in [0.1, 0.15) is 19.8 Å². The first kappa shape index (κ1) is 10.1. The maximum Gasteiger partial charge on any atom is 0.0930 e. The summed E-state index contributed by atoms with van der Waals surface area (Å²) in [5.74, 6) is 0. The van der Waals surface area contributed by atoms with Crippen LogP contribution in [0.3, 0.4) is 0 Å². The largest absolute Gasteiger partial charge is 0.378 e. The number of rotatable bonds is 3. The Morgan fingerprint density at radius 3 is 2.77 bits per heavy atom. The van der Waals surface area contributed by atoms with Crippen LogP contribution in [0, 0.1) is 11.3 Å². The minimum Gasteiger partial charge on any atom is -0.378 e. The van der Waals surface area contributed by atoms with Crippen molar-refractivity contribution in [3.63, 3.8) is 0 Å². The highest BCUT2D eigenvalue weighted by Crippen LogP contribution is 2.12. The summed E-state index contributed by atoms with van der Waals surface area (Å²) >= 11 is 0. The minimum atomic E-state index is 0.784. The molecule has 1 aliphatic heterocycles. The summed E-state index contributed by atoms with van der Waals surface area (Å²) in [6, 6.07) is 2.11. The SMILES string of the molecule is CCCC(=CC#N)N1CCOCC1. The molecule has 0 aromatic carbocycles. The van der Waals surface area contributed by atoms with E-state index in [0.717, 1.165) is 44.8 Å². The molecule has 0 N–H and O–H groups in total. The average molecular weight is 180 g/mol. The molecule has 0 unspecified atom stereocenters. The zero-order chi connectivity index (χ0) is 9.52. The van der Waals surface area contributed by atoms with E-state index in [0.29, 0.717) is 0 Å². The zero-order valence-corrected chi connectivity index (χ0v) is 8.12. The molecule has 3 nitrogen and oxygen atoms in total. The smallest absolute Gasteiger partial charge is 0.0930 e. The van der Waals surface area contributed by atoms with Gasteiger partial charge in [0.1, 0.15) is 0 Å². The summed E-state index contributed by atoms with van der Waals surface area (Å²) in [5, 5.41) is 8.61. The quantitative estimate of drug-likeness (QED) is 0.618. The number of nitrogens with zero attached hydrogens (tertiary/aromatic N) is 2. The monoisotopic (exact) mass is 180 g/mol. The second kappa shape index (κ2) is 5.60. The van der Waals surface area contributed by atoms with Crippen molar-refractivity contribution in [1.29, 1.82) is 5.26 Å². The van der Waals surface area contributed by atoms with E-state index >= 15 is 0 Å². The first-order chi connectivity index (χ1) is 6.38. The third kappa shape index (κ3) is 3.08. The fourth-order valence-corrected chi connectivity index (χ4v) is 1.50. The maximum absolute atomic E-state index is 8.61. The molecule has 0 aromatic rings. The lowest BCUT2D eigenvalue weighted by Gasteiger charge is -2.30. The lowest BCUT2D eigenvalue weighted by atomic mass is 10.2. The predicted octanol–water partition coefficient (Wildman–Crippen LogP) is 1.53. The van der Waals surface area contributed by atoms with Crippen molar-refractivity contribution in [3.05, 3.63) is 11.8 Å². The highest BCUT2D eigenvalue weighted by atomic mass is 16.5. The van der Waals surface area contributed by atoms with Crippen LogP contribution in [0.15, 0.2) is 11.8 Å². The van der Waals surface area contributed by atoms with Crippen LogP contribution in [0.2, 0.25) is 0 Å². The number of hydrogen-bond donors (Lipinski definition) is 0. The highest BCUT2D eigenvalue weighted by Gasteiger charge is 2.12. The lowest BCUT2D eigenvalue weighted by molar-refractivity contribution is 0.0520. The van der Waals surface area contributed by atoms with Gasteiger partial charge < -0.3 is 9.64 Å². The molecule has 0 amide bonds. The Morgan fingerprint density at radius 2 is 2.23 bits per heavy atom. The topological polar surface area (TPSA) is 36.3 Å². The molecular formula is C10H16N2O. The maximum atomic E-state index is 8.61. The number of nitriles is 1. The Labute approximate surface area is 79.6 Å². The summed E-state index contributed by atoms with van der Waals surface area (Å²) in [7, 11) is 0. The molecule has 1 fully saturated rings. The van der Waals surface area contributed by atoms with Crippen molar-refractivity contribution in [1.82, 2.24) is 4.90 Å². The van der Waals surface area contributed by atoms with E-state index < -0.39 is 0 Å². The molecule has 0 aromatic heterocycles. The number of morpholine rings is 1. The zero-order valence-electron chi connectivity index (χ0n) is 8.12.